The van der Waals surface area contributed by atoms with Gasteiger partial charge in [-0.05, 0) is 31.5 Å². The fraction of sp³-hybridized carbons (Fsp3) is 0.462. The summed E-state index contributed by atoms with van der Waals surface area (Å²) in [6.07, 6.45) is 1.37. The number of carbonyl (C=O) groups is 1. The van der Waals surface area contributed by atoms with Gasteiger partial charge in [0, 0.05) is 17.7 Å². The molecular weight excluding hydrogens is 238 g/mol. The van der Waals surface area contributed by atoms with E-state index in [0.717, 1.165) is 23.4 Å². The van der Waals surface area contributed by atoms with Gasteiger partial charge in [0.25, 0.3) is 0 Å². The van der Waals surface area contributed by atoms with Gasteiger partial charge in [-0.25, -0.2) is 0 Å². The SMILES string of the molecule is CCCC(=O)Nc1ccc(OCC)c(CCl)c1. The van der Waals surface area contributed by atoms with Crippen molar-refractivity contribution in [3.8, 4) is 5.75 Å². The number of alkyl halides is 1. The van der Waals surface area contributed by atoms with E-state index in [9.17, 15) is 4.79 Å². The van der Waals surface area contributed by atoms with Crippen molar-refractivity contribution >= 4 is 23.2 Å². The monoisotopic (exact) mass is 255 g/mol. The predicted octanol–water partition coefficient (Wildman–Crippen LogP) is 3.56. The average Bonchev–Trinajstić information content (AvgIpc) is 2.31. The molecule has 0 atom stereocenters. The Bertz CT molecular complexity index is 380. The highest BCUT2D eigenvalue weighted by Gasteiger charge is 2.06. The molecular formula is C13H18ClNO2. The number of hydrogen-bond donors (Lipinski definition) is 1. The van der Waals surface area contributed by atoms with E-state index in [1.54, 1.807) is 0 Å². The van der Waals surface area contributed by atoms with E-state index in [0.29, 0.717) is 18.9 Å². The molecule has 0 radical (unpaired) electrons. The summed E-state index contributed by atoms with van der Waals surface area (Å²) in [4.78, 5) is 11.4. The van der Waals surface area contributed by atoms with Crippen LogP contribution in [0.15, 0.2) is 18.2 Å². The molecule has 1 aromatic carbocycles. The van der Waals surface area contributed by atoms with E-state index < -0.39 is 0 Å². The molecule has 17 heavy (non-hydrogen) atoms. The Hall–Kier alpha value is -1.22. The maximum atomic E-state index is 11.4. The lowest BCUT2D eigenvalue weighted by Crippen LogP contribution is -2.10. The molecule has 4 heteroatoms. The Morgan fingerprint density at radius 3 is 2.76 bits per heavy atom. The number of rotatable bonds is 6. The van der Waals surface area contributed by atoms with Gasteiger partial charge in [0.1, 0.15) is 5.75 Å². The van der Waals surface area contributed by atoms with Crippen LogP contribution in [0.5, 0.6) is 5.75 Å². The zero-order valence-corrected chi connectivity index (χ0v) is 11.0. The van der Waals surface area contributed by atoms with Crippen LogP contribution in [0.2, 0.25) is 0 Å². The van der Waals surface area contributed by atoms with Crippen LogP contribution in [0.1, 0.15) is 32.3 Å². The van der Waals surface area contributed by atoms with Crippen molar-refractivity contribution in [1.29, 1.82) is 0 Å². The molecule has 0 aliphatic rings. The second-order valence-corrected chi connectivity index (χ2v) is 3.95. The topological polar surface area (TPSA) is 38.3 Å². The normalized spacial score (nSPS) is 10.1. The molecule has 3 nitrogen and oxygen atoms in total. The molecule has 0 saturated heterocycles. The minimum Gasteiger partial charge on any atom is -0.494 e. The van der Waals surface area contributed by atoms with Gasteiger partial charge in [0.05, 0.1) is 12.5 Å². The lowest BCUT2D eigenvalue weighted by molar-refractivity contribution is -0.116. The minimum atomic E-state index is 0.0252. The number of halogens is 1. The molecule has 0 aliphatic carbocycles. The molecule has 1 N–H and O–H groups in total. The predicted molar refractivity (Wildman–Crippen MR) is 70.7 cm³/mol. The molecule has 0 aromatic heterocycles. The van der Waals surface area contributed by atoms with Crippen molar-refractivity contribution in [2.75, 3.05) is 11.9 Å². The van der Waals surface area contributed by atoms with Gasteiger partial charge in [0.2, 0.25) is 5.91 Å². The maximum absolute atomic E-state index is 11.4. The third-order valence-electron chi connectivity index (χ3n) is 2.27. The fourth-order valence-electron chi connectivity index (χ4n) is 1.51. The molecule has 0 heterocycles. The Balaban J connectivity index is 2.78. The Labute approximate surface area is 107 Å². The number of nitrogens with one attached hydrogen (secondary N) is 1. The maximum Gasteiger partial charge on any atom is 0.224 e. The van der Waals surface area contributed by atoms with Crippen LogP contribution in [0.3, 0.4) is 0 Å². The van der Waals surface area contributed by atoms with E-state index in [1.807, 2.05) is 32.0 Å². The number of anilines is 1. The second kappa shape index (κ2) is 7.17. The van der Waals surface area contributed by atoms with Crippen LogP contribution >= 0.6 is 11.6 Å². The van der Waals surface area contributed by atoms with Gasteiger partial charge in [0.15, 0.2) is 0 Å². The molecule has 0 spiro atoms. The first-order valence-corrected chi connectivity index (χ1v) is 6.36. The number of ether oxygens (including phenoxy) is 1. The molecule has 0 aliphatic heterocycles. The van der Waals surface area contributed by atoms with Gasteiger partial charge in [-0.2, -0.15) is 0 Å². The van der Waals surface area contributed by atoms with Crippen LogP contribution in [0, 0.1) is 0 Å². The van der Waals surface area contributed by atoms with Crippen molar-refractivity contribution in [2.24, 2.45) is 0 Å². The summed E-state index contributed by atoms with van der Waals surface area (Å²) in [6.45, 7) is 4.50. The van der Waals surface area contributed by atoms with E-state index >= 15 is 0 Å². The minimum absolute atomic E-state index is 0.0252. The Morgan fingerprint density at radius 1 is 1.41 bits per heavy atom. The summed E-state index contributed by atoms with van der Waals surface area (Å²) in [5, 5.41) is 2.83. The van der Waals surface area contributed by atoms with Crippen molar-refractivity contribution in [2.45, 2.75) is 32.6 Å². The third kappa shape index (κ3) is 4.27. The molecule has 0 saturated carbocycles. The van der Waals surface area contributed by atoms with Gasteiger partial charge in [-0.15, -0.1) is 11.6 Å². The summed E-state index contributed by atoms with van der Waals surface area (Å²) in [6, 6.07) is 5.52. The zero-order valence-electron chi connectivity index (χ0n) is 10.3. The first-order valence-electron chi connectivity index (χ1n) is 5.82. The first kappa shape index (κ1) is 13.8. The molecule has 1 amide bonds. The lowest BCUT2D eigenvalue weighted by atomic mass is 10.2. The number of carbonyl (C=O) groups excluding carboxylic acids is 1. The molecule has 0 unspecified atom stereocenters. The highest BCUT2D eigenvalue weighted by molar-refractivity contribution is 6.17. The van der Waals surface area contributed by atoms with Crippen molar-refractivity contribution in [3.05, 3.63) is 23.8 Å². The van der Waals surface area contributed by atoms with Gasteiger partial charge < -0.3 is 10.1 Å². The Kier molecular flexibility index (Phi) is 5.84. The van der Waals surface area contributed by atoms with E-state index in [1.165, 1.54) is 0 Å². The number of hydrogen-bond acceptors (Lipinski definition) is 2. The molecule has 0 bridgehead atoms. The smallest absolute Gasteiger partial charge is 0.224 e. The Morgan fingerprint density at radius 2 is 2.18 bits per heavy atom. The third-order valence-corrected chi connectivity index (χ3v) is 2.55. The number of amides is 1. The van der Waals surface area contributed by atoms with E-state index in [-0.39, 0.29) is 5.91 Å². The lowest BCUT2D eigenvalue weighted by Gasteiger charge is -2.11. The van der Waals surface area contributed by atoms with Crippen molar-refractivity contribution < 1.29 is 9.53 Å². The molecule has 0 fully saturated rings. The van der Waals surface area contributed by atoms with Gasteiger partial charge in [-0.1, -0.05) is 6.92 Å². The summed E-state index contributed by atoms with van der Waals surface area (Å²) in [7, 11) is 0. The molecule has 1 aromatic rings. The van der Waals surface area contributed by atoms with Crippen molar-refractivity contribution in [3.63, 3.8) is 0 Å². The van der Waals surface area contributed by atoms with Crippen LogP contribution in [0.4, 0.5) is 5.69 Å². The fourth-order valence-corrected chi connectivity index (χ4v) is 1.72. The summed E-state index contributed by atoms with van der Waals surface area (Å²) in [5.41, 5.74) is 1.66. The first-order chi connectivity index (χ1) is 8.21. The zero-order chi connectivity index (χ0) is 12.7. The summed E-state index contributed by atoms with van der Waals surface area (Å²) < 4.78 is 5.44. The number of benzene rings is 1. The second-order valence-electron chi connectivity index (χ2n) is 3.69. The van der Waals surface area contributed by atoms with Crippen LogP contribution in [-0.2, 0) is 10.7 Å². The van der Waals surface area contributed by atoms with Crippen LogP contribution < -0.4 is 10.1 Å². The standard InChI is InChI=1S/C13H18ClNO2/c1-3-5-13(16)15-11-6-7-12(17-4-2)10(8-11)9-14/h6-8H,3-5,9H2,1-2H3,(H,15,16). The van der Waals surface area contributed by atoms with Crippen molar-refractivity contribution in [1.82, 2.24) is 0 Å². The molecule has 1 rings (SSSR count). The van der Waals surface area contributed by atoms with Crippen LogP contribution in [0.25, 0.3) is 0 Å². The highest BCUT2D eigenvalue weighted by atomic mass is 35.5. The van der Waals surface area contributed by atoms with E-state index in [4.69, 9.17) is 16.3 Å². The van der Waals surface area contributed by atoms with Gasteiger partial charge >= 0.3 is 0 Å². The highest BCUT2D eigenvalue weighted by Crippen LogP contribution is 2.24. The molecule has 94 valence electrons. The average molecular weight is 256 g/mol. The largest absolute Gasteiger partial charge is 0.494 e. The summed E-state index contributed by atoms with van der Waals surface area (Å²) in [5.74, 6) is 1.17. The quantitative estimate of drug-likeness (QED) is 0.790. The van der Waals surface area contributed by atoms with E-state index in [2.05, 4.69) is 5.32 Å². The van der Waals surface area contributed by atoms with Crippen LogP contribution in [-0.4, -0.2) is 12.5 Å². The summed E-state index contributed by atoms with van der Waals surface area (Å²) >= 11 is 5.84. The van der Waals surface area contributed by atoms with Gasteiger partial charge in [-0.3, -0.25) is 4.79 Å².